The molecule has 3 amide bonds. The van der Waals surface area contributed by atoms with Crippen molar-refractivity contribution in [1.29, 1.82) is 0 Å². The van der Waals surface area contributed by atoms with E-state index in [9.17, 15) is 14.7 Å². The van der Waals surface area contributed by atoms with E-state index in [0.717, 1.165) is 16.1 Å². The summed E-state index contributed by atoms with van der Waals surface area (Å²) < 4.78 is 0. The quantitative estimate of drug-likeness (QED) is 0.267. The van der Waals surface area contributed by atoms with Gasteiger partial charge in [0.25, 0.3) is 0 Å². The lowest BCUT2D eigenvalue weighted by molar-refractivity contribution is -0.107. The molecule has 0 atom stereocenters. The number of amides is 3. The highest BCUT2D eigenvalue weighted by molar-refractivity contribution is 5.93. The summed E-state index contributed by atoms with van der Waals surface area (Å²) >= 11 is 0. The lowest BCUT2D eigenvalue weighted by Gasteiger charge is -2.28. The standard InChI is InChI=1S/C22H30N4O3/c1-21(2,3)17-11-15(12-18(19(17)28)22(4,5)6)24-20(29)25-26(13-27)16-9-7-14(23)8-10-16/h7-13,28H,23H2,1-6H3,(H2,24,25,29). The molecule has 0 aromatic heterocycles. The van der Waals surface area contributed by atoms with Crippen LogP contribution in [0.25, 0.3) is 0 Å². The first-order valence-corrected chi connectivity index (χ1v) is 9.38. The number of hydrogen-bond donors (Lipinski definition) is 4. The summed E-state index contributed by atoms with van der Waals surface area (Å²) in [7, 11) is 0. The zero-order chi connectivity index (χ0) is 22.0. The molecule has 0 bridgehead atoms. The number of hydrazine groups is 1. The van der Waals surface area contributed by atoms with Gasteiger partial charge in [0.15, 0.2) is 0 Å². The highest BCUT2D eigenvalue weighted by Crippen LogP contribution is 2.41. The number of rotatable bonds is 4. The van der Waals surface area contributed by atoms with Crippen LogP contribution in [0.4, 0.5) is 21.9 Å². The second-order valence-corrected chi connectivity index (χ2v) is 9.05. The zero-order valence-corrected chi connectivity index (χ0v) is 17.8. The number of hydrogen-bond acceptors (Lipinski definition) is 4. The van der Waals surface area contributed by atoms with Gasteiger partial charge in [-0.15, -0.1) is 0 Å². The normalized spacial score (nSPS) is 11.7. The number of urea groups is 1. The number of anilines is 3. The van der Waals surface area contributed by atoms with E-state index in [1.807, 2.05) is 41.5 Å². The largest absolute Gasteiger partial charge is 0.507 e. The van der Waals surface area contributed by atoms with Crippen LogP contribution in [0.3, 0.4) is 0 Å². The molecule has 0 fully saturated rings. The molecule has 0 unspecified atom stereocenters. The maximum Gasteiger partial charge on any atom is 0.338 e. The first kappa shape index (κ1) is 22.1. The molecule has 2 aromatic carbocycles. The molecule has 0 heterocycles. The summed E-state index contributed by atoms with van der Waals surface area (Å²) in [4.78, 5) is 23.9. The van der Waals surface area contributed by atoms with Gasteiger partial charge >= 0.3 is 6.03 Å². The van der Waals surface area contributed by atoms with Crippen molar-refractivity contribution >= 4 is 29.5 Å². The van der Waals surface area contributed by atoms with Gasteiger partial charge in [-0.3, -0.25) is 4.79 Å². The van der Waals surface area contributed by atoms with E-state index in [0.29, 0.717) is 23.5 Å². The Kier molecular flexibility index (Phi) is 6.11. The van der Waals surface area contributed by atoms with Crippen LogP contribution >= 0.6 is 0 Å². The molecule has 0 saturated carbocycles. The van der Waals surface area contributed by atoms with E-state index >= 15 is 0 Å². The Morgan fingerprint density at radius 1 is 1.00 bits per heavy atom. The number of nitrogens with zero attached hydrogens (tertiary/aromatic N) is 1. The Morgan fingerprint density at radius 2 is 1.48 bits per heavy atom. The van der Waals surface area contributed by atoms with Crippen molar-refractivity contribution in [2.24, 2.45) is 0 Å². The topological polar surface area (TPSA) is 108 Å². The van der Waals surface area contributed by atoms with Crippen LogP contribution in [0.5, 0.6) is 5.75 Å². The van der Waals surface area contributed by atoms with Gasteiger partial charge < -0.3 is 16.2 Å². The van der Waals surface area contributed by atoms with E-state index in [2.05, 4.69) is 10.7 Å². The van der Waals surface area contributed by atoms with Crippen molar-refractivity contribution < 1.29 is 14.7 Å². The molecule has 5 N–H and O–H groups in total. The number of phenolic OH excluding ortho intramolecular Hbond substituents is 1. The van der Waals surface area contributed by atoms with Crippen LogP contribution in [0.2, 0.25) is 0 Å². The molecular formula is C22H30N4O3. The van der Waals surface area contributed by atoms with Gasteiger partial charge in [-0.2, -0.15) is 0 Å². The second kappa shape index (κ2) is 8.03. The number of nitrogens with two attached hydrogens (primary N) is 1. The second-order valence-electron chi connectivity index (χ2n) is 9.05. The third-order valence-electron chi connectivity index (χ3n) is 4.48. The van der Waals surface area contributed by atoms with Gasteiger partial charge in [-0.05, 0) is 47.2 Å². The van der Waals surface area contributed by atoms with Crippen LogP contribution in [0.15, 0.2) is 36.4 Å². The number of nitrogen functional groups attached to an aromatic ring is 1. The number of aromatic hydroxyl groups is 1. The van der Waals surface area contributed by atoms with Gasteiger partial charge in [0.2, 0.25) is 6.41 Å². The maximum atomic E-state index is 12.5. The molecule has 0 aliphatic heterocycles. The molecular weight excluding hydrogens is 368 g/mol. The molecule has 0 saturated heterocycles. The van der Waals surface area contributed by atoms with Crippen molar-refractivity contribution in [1.82, 2.24) is 5.43 Å². The minimum atomic E-state index is -0.584. The molecule has 0 aliphatic rings. The maximum absolute atomic E-state index is 12.5. The zero-order valence-electron chi connectivity index (χ0n) is 17.8. The Labute approximate surface area is 171 Å². The van der Waals surface area contributed by atoms with Crippen LogP contribution in [-0.4, -0.2) is 17.5 Å². The van der Waals surface area contributed by atoms with E-state index in [4.69, 9.17) is 5.73 Å². The SMILES string of the molecule is CC(C)(C)c1cc(NC(=O)NN(C=O)c2ccc(N)cc2)cc(C(C)(C)C)c1O. The van der Waals surface area contributed by atoms with E-state index in [1.165, 1.54) is 0 Å². The first-order valence-electron chi connectivity index (χ1n) is 9.38. The fourth-order valence-corrected chi connectivity index (χ4v) is 2.91. The summed E-state index contributed by atoms with van der Waals surface area (Å²) in [5.41, 5.74) is 10.5. The average molecular weight is 399 g/mol. The van der Waals surface area contributed by atoms with Crippen molar-refractivity contribution in [3.63, 3.8) is 0 Å². The minimum absolute atomic E-state index is 0.229. The molecule has 29 heavy (non-hydrogen) atoms. The van der Waals surface area contributed by atoms with Gasteiger partial charge in [0.1, 0.15) is 5.75 Å². The Morgan fingerprint density at radius 3 is 1.90 bits per heavy atom. The molecule has 0 spiro atoms. The highest BCUT2D eigenvalue weighted by atomic mass is 16.3. The molecule has 156 valence electrons. The average Bonchev–Trinajstić information content (AvgIpc) is 2.60. The minimum Gasteiger partial charge on any atom is -0.507 e. The number of benzene rings is 2. The predicted molar refractivity (Wildman–Crippen MR) is 117 cm³/mol. The van der Waals surface area contributed by atoms with Gasteiger partial charge in [-0.1, -0.05) is 41.5 Å². The van der Waals surface area contributed by atoms with Crippen LogP contribution in [-0.2, 0) is 15.6 Å². The molecule has 2 rings (SSSR count). The fraction of sp³-hybridized carbons (Fsp3) is 0.364. The number of carbonyl (C=O) groups is 2. The van der Waals surface area contributed by atoms with Gasteiger partial charge in [0.05, 0.1) is 5.69 Å². The molecule has 0 radical (unpaired) electrons. The molecule has 7 nitrogen and oxygen atoms in total. The van der Waals surface area contributed by atoms with Crippen LogP contribution in [0.1, 0.15) is 52.7 Å². The summed E-state index contributed by atoms with van der Waals surface area (Å²) in [5, 5.41) is 14.6. The fourth-order valence-electron chi connectivity index (χ4n) is 2.91. The lowest BCUT2D eigenvalue weighted by Crippen LogP contribution is -2.43. The molecule has 7 heteroatoms. The number of phenols is 1. The van der Waals surface area contributed by atoms with Gasteiger partial charge in [0, 0.05) is 22.5 Å². The van der Waals surface area contributed by atoms with Crippen molar-refractivity contribution in [2.75, 3.05) is 16.1 Å². The monoisotopic (exact) mass is 398 g/mol. The Balaban J connectivity index is 2.31. The van der Waals surface area contributed by atoms with Gasteiger partial charge in [-0.25, -0.2) is 15.2 Å². The van der Waals surface area contributed by atoms with E-state index in [1.54, 1.807) is 36.4 Å². The van der Waals surface area contributed by atoms with E-state index in [-0.39, 0.29) is 16.6 Å². The number of nitrogens with one attached hydrogen (secondary N) is 2. The summed E-state index contributed by atoms with van der Waals surface area (Å²) in [6.45, 7) is 12.0. The van der Waals surface area contributed by atoms with Crippen LogP contribution in [0, 0.1) is 0 Å². The van der Waals surface area contributed by atoms with E-state index < -0.39 is 6.03 Å². The lowest BCUT2D eigenvalue weighted by atomic mass is 9.79. The summed E-state index contributed by atoms with van der Waals surface area (Å²) in [6, 6.07) is 9.43. The highest BCUT2D eigenvalue weighted by Gasteiger charge is 2.27. The van der Waals surface area contributed by atoms with Crippen LogP contribution < -0.4 is 21.5 Å². The first-order chi connectivity index (χ1) is 13.3. The number of carbonyl (C=O) groups excluding carboxylic acids is 2. The van der Waals surface area contributed by atoms with Crippen molar-refractivity contribution in [3.05, 3.63) is 47.5 Å². The Bertz CT molecular complexity index is 859. The summed E-state index contributed by atoms with van der Waals surface area (Å²) in [6.07, 6.45) is 0.503. The molecule has 2 aromatic rings. The third kappa shape index (κ3) is 5.40. The summed E-state index contributed by atoms with van der Waals surface area (Å²) in [5.74, 6) is 0.229. The van der Waals surface area contributed by atoms with Crippen molar-refractivity contribution in [3.8, 4) is 5.75 Å². The Hall–Kier alpha value is -3.22. The smallest absolute Gasteiger partial charge is 0.338 e. The van der Waals surface area contributed by atoms with Crippen molar-refractivity contribution in [2.45, 2.75) is 52.4 Å². The molecule has 0 aliphatic carbocycles. The predicted octanol–water partition coefficient (Wildman–Crippen LogP) is 4.27. The third-order valence-corrected chi connectivity index (χ3v) is 4.48.